The minimum atomic E-state index is -0.811. The number of hydrogen-bond donors (Lipinski definition) is 2. The molecule has 188 valence electrons. The zero-order valence-electron chi connectivity index (χ0n) is 20.0. The monoisotopic (exact) mass is 493 g/mol. The van der Waals surface area contributed by atoms with Gasteiger partial charge in [-0.25, -0.2) is 8.78 Å². The van der Waals surface area contributed by atoms with Crippen molar-refractivity contribution in [3.8, 4) is 5.75 Å². The first kappa shape index (κ1) is 25.3. The molecule has 0 aliphatic heterocycles. The summed E-state index contributed by atoms with van der Waals surface area (Å²) in [5.41, 5.74) is 8.11. The van der Waals surface area contributed by atoms with Crippen LogP contribution in [-0.4, -0.2) is 35.9 Å². The number of ether oxygens (including phenoxy) is 1. The van der Waals surface area contributed by atoms with Gasteiger partial charge in [-0.2, -0.15) is 0 Å². The molecule has 6 nitrogen and oxygen atoms in total. The fraction of sp³-hybridized carbons (Fsp3) is 0.286. The molecule has 0 radical (unpaired) electrons. The number of halogens is 2. The van der Waals surface area contributed by atoms with E-state index in [1.807, 2.05) is 6.07 Å². The highest BCUT2D eigenvalue weighted by Gasteiger charge is 2.32. The van der Waals surface area contributed by atoms with Gasteiger partial charge in [0, 0.05) is 41.5 Å². The van der Waals surface area contributed by atoms with E-state index in [1.165, 1.54) is 0 Å². The largest absolute Gasteiger partial charge is 0.497 e. The molecule has 0 bridgehead atoms. The van der Waals surface area contributed by atoms with Gasteiger partial charge in [0.2, 0.25) is 0 Å². The summed E-state index contributed by atoms with van der Waals surface area (Å²) in [6.45, 7) is 0.182. The summed E-state index contributed by atoms with van der Waals surface area (Å²) in [6, 6.07) is 16.2. The average molecular weight is 494 g/mol. The molecule has 0 spiro atoms. The molecule has 36 heavy (non-hydrogen) atoms. The number of hydrogen-bond acceptors (Lipinski definition) is 4. The maximum atomic E-state index is 13.9. The summed E-state index contributed by atoms with van der Waals surface area (Å²) in [7, 11) is 1.56. The number of rotatable bonds is 7. The van der Waals surface area contributed by atoms with Gasteiger partial charge < -0.3 is 20.7 Å². The van der Waals surface area contributed by atoms with Crippen LogP contribution in [0.1, 0.15) is 52.0 Å². The third kappa shape index (κ3) is 6.07. The molecule has 1 aliphatic carbocycles. The number of carbonyl (C=O) groups is 2. The Labute approximate surface area is 209 Å². The van der Waals surface area contributed by atoms with Crippen molar-refractivity contribution >= 4 is 17.5 Å². The van der Waals surface area contributed by atoms with Crippen molar-refractivity contribution in [2.45, 2.75) is 44.3 Å². The molecule has 0 saturated heterocycles. The summed E-state index contributed by atoms with van der Waals surface area (Å²) in [6.07, 6.45) is 3.36. The molecule has 3 aromatic rings. The van der Waals surface area contributed by atoms with Crippen molar-refractivity contribution in [3.05, 3.63) is 95.1 Å². The van der Waals surface area contributed by atoms with Crippen LogP contribution in [0.2, 0.25) is 0 Å². The maximum absolute atomic E-state index is 13.9. The van der Waals surface area contributed by atoms with Gasteiger partial charge in [0.15, 0.2) is 0 Å². The Hall–Kier alpha value is -3.78. The van der Waals surface area contributed by atoms with Crippen LogP contribution in [0.25, 0.3) is 0 Å². The number of nitrogens with zero attached hydrogens (tertiary/aromatic N) is 1. The van der Waals surface area contributed by atoms with Gasteiger partial charge in [-0.05, 0) is 66.9 Å². The SMILES string of the molecule is COc1ccc(C(=O)Nc2cccc(CN(C(=O)c3cc(F)cc(F)c3)C3CCCCC3N)c2)cc1. The second kappa shape index (κ2) is 11.3. The lowest BCUT2D eigenvalue weighted by atomic mass is 9.89. The third-order valence-corrected chi connectivity index (χ3v) is 6.44. The summed E-state index contributed by atoms with van der Waals surface area (Å²) in [4.78, 5) is 27.7. The van der Waals surface area contributed by atoms with Gasteiger partial charge in [-0.3, -0.25) is 9.59 Å². The van der Waals surface area contributed by atoms with Crippen molar-refractivity contribution < 1.29 is 23.1 Å². The average Bonchev–Trinajstić information content (AvgIpc) is 2.87. The van der Waals surface area contributed by atoms with E-state index < -0.39 is 17.5 Å². The fourth-order valence-corrected chi connectivity index (χ4v) is 4.60. The first-order valence-electron chi connectivity index (χ1n) is 11.9. The Balaban J connectivity index is 1.57. The van der Waals surface area contributed by atoms with E-state index in [1.54, 1.807) is 54.5 Å². The highest BCUT2D eigenvalue weighted by molar-refractivity contribution is 6.04. The standard InChI is InChI=1S/C28H29F2N3O3/c1-36-24-11-9-19(10-12-24)27(34)32-23-6-4-5-18(13-23)17-33(26-8-3-2-7-25(26)31)28(35)20-14-21(29)16-22(30)15-20/h4-6,9-16,25-26H,2-3,7-8,17,31H2,1H3,(H,32,34). The van der Waals surface area contributed by atoms with E-state index in [-0.39, 0.29) is 30.1 Å². The predicted octanol–water partition coefficient (Wildman–Crippen LogP) is 5.14. The normalized spacial score (nSPS) is 17.3. The minimum Gasteiger partial charge on any atom is -0.497 e. The first-order chi connectivity index (χ1) is 17.3. The van der Waals surface area contributed by atoms with Gasteiger partial charge in [0.25, 0.3) is 11.8 Å². The van der Waals surface area contributed by atoms with Crippen LogP contribution in [0.3, 0.4) is 0 Å². The van der Waals surface area contributed by atoms with Crippen LogP contribution in [-0.2, 0) is 6.54 Å². The minimum absolute atomic E-state index is 0.0609. The molecule has 4 rings (SSSR count). The number of amides is 2. The Morgan fingerprint density at radius 3 is 2.33 bits per heavy atom. The Morgan fingerprint density at radius 1 is 0.972 bits per heavy atom. The number of nitrogens with two attached hydrogens (primary N) is 1. The molecule has 2 atom stereocenters. The molecular weight excluding hydrogens is 464 g/mol. The van der Waals surface area contributed by atoms with Gasteiger partial charge >= 0.3 is 0 Å². The van der Waals surface area contributed by atoms with Crippen molar-refractivity contribution in [1.29, 1.82) is 0 Å². The molecular formula is C28H29F2N3O3. The van der Waals surface area contributed by atoms with E-state index in [2.05, 4.69) is 5.32 Å². The van der Waals surface area contributed by atoms with Crippen molar-refractivity contribution in [2.24, 2.45) is 5.73 Å². The molecule has 2 amide bonds. The quantitative estimate of drug-likeness (QED) is 0.478. The van der Waals surface area contributed by atoms with Gasteiger partial charge in [0.05, 0.1) is 7.11 Å². The molecule has 0 aromatic heterocycles. The highest BCUT2D eigenvalue weighted by atomic mass is 19.1. The van der Waals surface area contributed by atoms with E-state index in [4.69, 9.17) is 10.5 Å². The number of anilines is 1. The van der Waals surface area contributed by atoms with E-state index in [0.29, 0.717) is 23.4 Å². The zero-order chi connectivity index (χ0) is 25.7. The molecule has 0 heterocycles. The number of nitrogens with one attached hydrogen (secondary N) is 1. The van der Waals surface area contributed by atoms with Crippen LogP contribution in [0, 0.1) is 11.6 Å². The Morgan fingerprint density at radius 2 is 1.67 bits per heavy atom. The first-order valence-corrected chi connectivity index (χ1v) is 11.9. The van der Waals surface area contributed by atoms with Crippen LogP contribution < -0.4 is 15.8 Å². The summed E-state index contributed by atoms with van der Waals surface area (Å²) in [5.74, 6) is -1.74. The van der Waals surface area contributed by atoms with Crippen molar-refractivity contribution in [3.63, 3.8) is 0 Å². The number of carbonyl (C=O) groups excluding carboxylic acids is 2. The molecule has 1 fully saturated rings. The smallest absolute Gasteiger partial charge is 0.255 e. The second-order valence-electron chi connectivity index (χ2n) is 8.99. The van der Waals surface area contributed by atoms with Crippen molar-refractivity contribution in [1.82, 2.24) is 4.90 Å². The van der Waals surface area contributed by atoms with Gasteiger partial charge in [-0.15, -0.1) is 0 Å². The van der Waals surface area contributed by atoms with Crippen LogP contribution in [0.5, 0.6) is 5.75 Å². The zero-order valence-corrected chi connectivity index (χ0v) is 20.0. The molecule has 1 aliphatic rings. The number of benzene rings is 3. The topological polar surface area (TPSA) is 84.7 Å². The molecule has 1 saturated carbocycles. The molecule has 3 aromatic carbocycles. The van der Waals surface area contributed by atoms with Gasteiger partial charge in [0.1, 0.15) is 17.4 Å². The Bertz CT molecular complexity index is 1210. The van der Waals surface area contributed by atoms with Crippen molar-refractivity contribution in [2.75, 3.05) is 12.4 Å². The lowest BCUT2D eigenvalue weighted by Gasteiger charge is -2.38. The third-order valence-electron chi connectivity index (χ3n) is 6.44. The maximum Gasteiger partial charge on any atom is 0.255 e. The van der Waals surface area contributed by atoms with Crippen LogP contribution in [0.15, 0.2) is 66.7 Å². The molecule has 2 unspecified atom stereocenters. The number of methoxy groups -OCH3 is 1. The Kier molecular flexibility index (Phi) is 7.95. The van der Waals surface area contributed by atoms with E-state index in [9.17, 15) is 18.4 Å². The fourth-order valence-electron chi connectivity index (χ4n) is 4.60. The van der Waals surface area contributed by atoms with Gasteiger partial charge in [-0.1, -0.05) is 25.0 Å². The summed E-state index contributed by atoms with van der Waals surface area (Å²) < 4.78 is 32.9. The van der Waals surface area contributed by atoms with E-state index in [0.717, 1.165) is 43.0 Å². The predicted molar refractivity (Wildman–Crippen MR) is 134 cm³/mol. The molecule has 3 N–H and O–H groups in total. The van der Waals surface area contributed by atoms with Crippen LogP contribution >= 0.6 is 0 Å². The van der Waals surface area contributed by atoms with Crippen LogP contribution in [0.4, 0.5) is 14.5 Å². The van der Waals surface area contributed by atoms with E-state index >= 15 is 0 Å². The summed E-state index contributed by atoms with van der Waals surface area (Å²) >= 11 is 0. The highest BCUT2D eigenvalue weighted by Crippen LogP contribution is 2.26. The lowest BCUT2D eigenvalue weighted by Crippen LogP contribution is -2.51. The second-order valence-corrected chi connectivity index (χ2v) is 8.99. The summed E-state index contributed by atoms with van der Waals surface area (Å²) in [5, 5.41) is 2.87. The molecule has 8 heteroatoms. The lowest BCUT2D eigenvalue weighted by molar-refractivity contribution is 0.0582.